The number of aliphatic hydroxyl groups is 1. The van der Waals surface area contributed by atoms with Crippen LogP contribution < -0.4 is 11.1 Å². The molecule has 12 nitrogen and oxygen atoms in total. The first-order valence-electron chi connectivity index (χ1n) is 18.2. The van der Waals surface area contributed by atoms with Gasteiger partial charge in [0.1, 0.15) is 18.2 Å². The molecule has 17 heteroatoms. The summed E-state index contributed by atoms with van der Waals surface area (Å²) < 4.78 is 62.9. The van der Waals surface area contributed by atoms with Gasteiger partial charge >= 0.3 is 12.1 Å². The number of aliphatic hydroxyl groups excluding tert-OH is 1. The van der Waals surface area contributed by atoms with Crippen molar-refractivity contribution < 1.29 is 56.1 Å². The third-order valence-corrected chi connectivity index (χ3v) is 9.00. The summed E-state index contributed by atoms with van der Waals surface area (Å²) in [5, 5.41) is 20.0. The summed E-state index contributed by atoms with van der Waals surface area (Å²) in [7, 11) is 0. The number of aliphatic carboxylic acids is 1. The molecule has 310 valence electrons. The van der Waals surface area contributed by atoms with Crippen LogP contribution in [0.5, 0.6) is 0 Å². The summed E-state index contributed by atoms with van der Waals surface area (Å²) in [5.74, 6) is -5.45. The van der Waals surface area contributed by atoms with E-state index >= 15 is 0 Å². The molecule has 0 fully saturated rings. The minimum atomic E-state index is -5.08. The molecule has 0 aliphatic carbocycles. The highest BCUT2D eigenvalue weighted by molar-refractivity contribution is 6.12. The number of unbranched alkanes of at least 4 members (excludes halogenated alkanes) is 3. The van der Waals surface area contributed by atoms with Crippen molar-refractivity contribution in [1.82, 2.24) is 19.7 Å². The number of hydrogen-bond donors (Lipinski definition) is 4. The Labute approximate surface area is 327 Å². The topological polar surface area (TPSA) is 175 Å². The van der Waals surface area contributed by atoms with Crippen molar-refractivity contribution in [2.75, 3.05) is 26.2 Å². The number of nitrogens with two attached hydrogens (primary N) is 1. The third-order valence-electron chi connectivity index (χ3n) is 9.00. The van der Waals surface area contributed by atoms with E-state index in [2.05, 4.69) is 5.32 Å². The van der Waals surface area contributed by atoms with Gasteiger partial charge in [0.2, 0.25) is 11.8 Å². The van der Waals surface area contributed by atoms with E-state index < -0.39 is 53.8 Å². The van der Waals surface area contributed by atoms with Crippen LogP contribution in [0.2, 0.25) is 0 Å². The number of rotatable bonds is 17. The van der Waals surface area contributed by atoms with Gasteiger partial charge in [-0.2, -0.15) is 13.2 Å². The van der Waals surface area contributed by atoms with Gasteiger partial charge in [-0.25, -0.2) is 13.6 Å². The molecule has 2 heterocycles. The number of nitrogens with one attached hydrogen (secondary N) is 1. The Morgan fingerprint density at radius 3 is 2.11 bits per heavy atom. The van der Waals surface area contributed by atoms with Crippen molar-refractivity contribution in [1.29, 1.82) is 0 Å². The molecule has 4 amide bonds. The fourth-order valence-electron chi connectivity index (χ4n) is 6.25. The zero-order chi connectivity index (χ0) is 42.5. The number of carbonyl (C=O) groups is 5. The van der Waals surface area contributed by atoms with Crippen LogP contribution in [0.3, 0.4) is 0 Å². The highest BCUT2D eigenvalue weighted by Gasteiger charge is 2.39. The molecule has 2 atom stereocenters. The number of hydrogen-bond acceptors (Lipinski definition) is 7. The molecule has 1 aromatic heterocycles. The van der Waals surface area contributed by atoms with Gasteiger partial charge in [0.25, 0.3) is 11.8 Å². The summed E-state index contributed by atoms with van der Waals surface area (Å²) in [4.78, 5) is 61.2. The predicted octanol–water partition coefficient (Wildman–Crippen LogP) is 5.34. The average molecular weight is 806 g/mol. The van der Waals surface area contributed by atoms with E-state index in [-0.39, 0.29) is 36.3 Å². The molecule has 57 heavy (non-hydrogen) atoms. The van der Waals surface area contributed by atoms with E-state index in [1.165, 1.54) is 22.0 Å². The number of amides is 4. The first kappa shape index (κ1) is 46.0. The first-order chi connectivity index (χ1) is 26.7. The van der Waals surface area contributed by atoms with Crippen LogP contribution in [-0.4, -0.2) is 92.6 Å². The Balaban J connectivity index is 0.00000113. The smallest absolute Gasteiger partial charge is 0.475 e. The Morgan fingerprint density at radius 2 is 1.53 bits per heavy atom. The number of halogens is 5. The Bertz CT molecular complexity index is 1870. The fourth-order valence-corrected chi connectivity index (χ4v) is 6.25. The minimum absolute atomic E-state index is 0.0545. The summed E-state index contributed by atoms with van der Waals surface area (Å²) >= 11 is 0. The van der Waals surface area contributed by atoms with Crippen molar-refractivity contribution in [2.45, 2.75) is 77.7 Å². The molecule has 2 unspecified atom stereocenters. The Hall–Kier alpha value is -5.42. The van der Waals surface area contributed by atoms with Gasteiger partial charge in [-0.3, -0.25) is 24.1 Å². The molecule has 0 saturated carbocycles. The molecule has 3 aromatic rings. The zero-order valence-corrected chi connectivity index (χ0v) is 31.9. The maximum Gasteiger partial charge on any atom is 0.490 e. The van der Waals surface area contributed by atoms with Gasteiger partial charge in [0, 0.05) is 61.3 Å². The normalized spacial score (nSPS) is 13.9. The highest BCUT2D eigenvalue weighted by atomic mass is 19.4. The quantitative estimate of drug-likeness (QED) is 0.0804. The van der Waals surface area contributed by atoms with Crippen molar-refractivity contribution in [3.05, 3.63) is 95.8 Å². The van der Waals surface area contributed by atoms with E-state index in [1.54, 1.807) is 12.3 Å². The number of carbonyl (C=O) groups excluding carboxylic acids is 4. The maximum atomic E-state index is 15.0. The van der Waals surface area contributed by atoms with Gasteiger partial charge in [-0.05, 0) is 54.5 Å². The van der Waals surface area contributed by atoms with E-state index in [9.17, 15) is 46.2 Å². The lowest BCUT2D eigenvalue weighted by atomic mass is 9.82. The van der Waals surface area contributed by atoms with Gasteiger partial charge in [0.05, 0.1) is 12.1 Å². The number of nitrogens with zero attached hydrogens (tertiary/aromatic N) is 3. The summed E-state index contributed by atoms with van der Waals surface area (Å²) in [6, 6.07) is 13.0. The second kappa shape index (κ2) is 20.7. The predicted molar refractivity (Wildman–Crippen MR) is 200 cm³/mol. The van der Waals surface area contributed by atoms with E-state index in [4.69, 9.17) is 15.6 Å². The molecule has 4 rings (SSSR count). The fraction of sp³-hybridized carbons (Fsp3) is 0.425. The molecule has 1 aliphatic rings. The number of carboxylic acids is 1. The van der Waals surface area contributed by atoms with Crippen LogP contribution in [0.25, 0.3) is 11.1 Å². The molecule has 0 spiro atoms. The minimum Gasteiger partial charge on any atom is -0.475 e. The van der Waals surface area contributed by atoms with Crippen LogP contribution in [0.15, 0.2) is 72.9 Å². The molecular formula is C40H48F5N5O7. The lowest BCUT2D eigenvalue weighted by molar-refractivity contribution is -0.192. The SMILES string of the molecule is CC(C)(C)C(c1cc(-c2cc(F)ccc2F)cn1Cc1ccccc1)N(CCC(N)C(=O)NCCCCCCN1C(=O)C=CC1=O)C(=O)CO.O=C(O)C(F)(F)F. The standard InChI is InChI=1S/C38H47F2N5O5.C2HF3O2/c1-38(2,3)36(32-21-27(29-22-28(39)13-14-30(29)40)24-43(32)23-26-11-7-6-8-12-26)45(35(49)25-46)20-17-31(41)37(50)42-18-9-4-5-10-19-44-33(47)15-16-34(44)48;3-2(4,5)1(6)7/h6-8,11-16,21-22,24,31,36,46H,4-5,9-10,17-20,23,25,41H2,1-3H3,(H,42,50);(H,6,7). The van der Waals surface area contributed by atoms with E-state index in [0.717, 1.165) is 36.6 Å². The van der Waals surface area contributed by atoms with Crippen LogP contribution in [0.4, 0.5) is 22.0 Å². The second-order valence-electron chi connectivity index (χ2n) is 14.5. The largest absolute Gasteiger partial charge is 0.490 e. The van der Waals surface area contributed by atoms with Crippen LogP contribution in [0.1, 0.15) is 70.2 Å². The van der Waals surface area contributed by atoms with Crippen LogP contribution in [0, 0.1) is 17.0 Å². The number of aromatic nitrogens is 1. The number of benzene rings is 2. The lowest BCUT2D eigenvalue weighted by Gasteiger charge is -2.41. The molecule has 1 aliphatic heterocycles. The number of alkyl halides is 3. The molecule has 5 N–H and O–H groups in total. The first-order valence-corrected chi connectivity index (χ1v) is 18.2. The van der Waals surface area contributed by atoms with Gasteiger partial charge < -0.3 is 30.7 Å². The van der Waals surface area contributed by atoms with Gasteiger partial charge in [-0.15, -0.1) is 0 Å². The van der Waals surface area contributed by atoms with E-state index in [1.807, 2.05) is 55.7 Å². The highest BCUT2D eigenvalue weighted by Crippen LogP contribution is 2.41. The zero-order valence-electron chi connectivity index (χ0n) is 31.9. The second-order valence-corrected chi connectivity index (χ2v) is 14.5. The third kappa shape index (κ3) is 13.6. The molecule has 0 radical (unpaired) electrons. The van der Waals surface area contributed by atoms with Crippen molar-refractivity contribution >= 4 is 29.6 Å². The van der Waals surface area contributed by atoms with Gasteiger partial charge in [0.15, 0.2) is 0 Å². The van der Waals surface area contributed by atoms with E-state index in [0.29, 0.717) is 43.7 Å². The average Bonchev–Trinajstić information content (AvgIpc) is 3.70. The number of imide groups is 1. The van der Waals surface area contributed by atoms with Gasteiger partial charge in [-0.1, -0.05) is 63.9 Å². The summed E-state index contributed by atoms with van der Waals surface area (Å²) in [6.45, 7) is 6.27. The lowest BCUT2D eigenvalue weighted by Crippen LogP contribution is -2.47. The molecule has 2 aromatic carbocycles. The monoisotopic (exact) mass is 805 g/mol. The van der Waals surface area contributed by atoms with Crippen molar-refractivity contribution in [3.8, 4) is 11.1 Å². The van der Waals surface area contributed by atoms with Crippen molar-refractivity contribution in [2.24, 2.45) is 11.1 Å². The van der Waals surface area contributed by atoms with Crippen LogP contribution in [-0.2, 0) is 30.5 Å². The summed E-state index contributed by atoms with van der Waals surface area (Å²) in [6.07, 6.45) is 2.22. The summed E-state index contributed by atoms with van der Waals surface area (Å²) in [5.41, 5.74) is 7.80. The van der Waals surface area contributed by atoms with Crippen LogP contribution >= 0.6 is 0 Å². The van der Waals surface area contributed by atoms with Crippen molar-refractivity contribution in [3.63, 3.8) is 0 Å². The molecule has 0 saturated heterocycles. The Kier molecular flexibility index (Phi) is 16.7. The maximum absolute atomic E-state index is 15.0. The molecule has 0 bridgehead atoms. The molecular weight excluding hydrogens is 757 g/mol. The number of carboxylic acid groups (broad SMARTS) is 1. The Morgan fingerprint density at radius 1 is 0.912 bits per heavy atom.